The third kappa shape index (κ3) is 4.54. The second-order valence-corrected chi connectivity index (χ2v) is 7.66. The third-order valence-electron chi connectivity index (χ3n) is 5.33. The Kier molecular flexibility index (Phi) is 6.14. The fourth-order valence-corrected chi connectivity index (χ4v) is 3.84. The van der Waals surface area contributed by atoms with Crippen LogP contribution in [0.2, 0.25) is 5.02 Å². The zero-order valence-electron chi connectivity index (χ0n) is 16.7. The number of ether oxygens (including phenoxy) is 1. The molecule has 6 nitrogen and oxygen atoms in total. The minimum Gasteiger partial charge on any atom is -0.495 e. The van der Waals surface area contributed by atoms with Crippen LogP contribution < -0.4 is 15.0 Å². The molecule has 2 heterocycles. The van der Waals surface area contributed by atoms with Crippen LogP contribution in [-0.2, 0) is 4.79 Å². The average Bonchev–Trinajstić information content (AvgIpc) is 2.80. The van der Waals surface area contributed by atoms with Gasteiger partial charge in [0, 0.05) is 35.7 Å². The highest BCUT2D eigenvalue weighted by atomic mass is 35.5. The molecular formula is C23H23ClN4O2. The van der Waals surface area contributed by atoms with Crippen LogP contribution in [0.15, 0.2) is 60.9 Å². The Bertz CT molecular complexity index is 1020. The molecule has 1 fully saturated rings. The number of rotatable bonds is 5. The highest BCUT2D eigenvalue weighted by Gasteiger charge is 2.26. The van der Waals surface area contributed by atoms with Gasteiger partial charge in [0.15, 0.2) is 0 Å². The molecule has 3 aromatic rings. The van der Waals surface area contributed by atoms with E-state index < -0.39 is 0 Å². The number of hydrogen-bond acceptors (Lipinski definition) is 5. The fourth-order valence-electron chi connectivity index (χ4n) is 3.67. The van der Waals surface area contributed by atoms with Crippen LogP contribution in [-0.4, -0.2) is 36.1 Å². The number of hydrogen-bond donors (Lipinski definition) is 1. The van der Waals surface area contributed by atoms with Gasteiger partial charge in [0.1, 0.15) is 17.9 Å². The molecule has 2 aromatic carbocycles. The normalized spacial score (nSPS) is 14.4. The summed E-state index contributed by atoms with van der Waals surface area (Å²) in [5.41, 5.74) is 2.56. The molecular weight excluding hydrogens is 400 g/mol. The Labute approximate surface area is 180 Å². The summed E-state index contributed by atoms with van der Waals surface area (Å²) < 4.78 is 5.32. The largest absolute Gasteiger partial charge is 0.495 e. The van der Waals surface area contributed by atoms with Crippen LogP contribution in [0, 0.1) is 5.92 Å². The summed E-state index contributed by atoms with van der Waals surface area (Å²) >= 11 is 6.06. The van der Waals surface area contributed by atoms with E-state index in [9.17, 15) is 4.79 Å². The van der Waals surface area contributed by atoms with Crippen molar-refractivity contribution in [2.45, 2.75) is 12.8 Å². The van der Waals surface area contributed by atoms with E-state index in [0.717, 1.165) is 43.0 Å². The van der Waals surface area contributed by atoms with Gasteiger partial charge in [-0.05, 0) is 31.0 Å². The second-order valence-electron chi connectivity index (χ2n) is 7.22. The number of halogens is 1. The first kappa shape index (κ1) is 20.2. The Hall–Kier alpha value is -3.12. The smallest absolute Gasteiger partial charge is 0.227 e. The van der Waals surface area contributed by atoms with E-state index in [1.165, 1.54) is 0 Å². The van der Waals surface area contributed by atoms with Crippen molar-refractivity contribution in [3.05, 3.63) is 65.9 Å². The molecule has 0 saturated carbocycles. The van der Waals surface area contributed by atoms with Gasteiger partial charge in [0.05, 0.1) is 18.5 Å². The lowest BCUT2D eigenvalue weighted by Gasteiger charge is -2.32. The van der Waals surface area contributed by atoms with Crippen LogP contribution in [0.5, 0.6) is 5.75 Å². The van der Waals surface area contributed by atoms with Crippen LogP contribution >= 0.6 is 11.6 Å². The molecule has 30 heavy (non-hydrogen) atoms. The summed E-state index contributed by atoms with van der Waals surface area (Å²) in [6, 6.07) is 17.2. The summed E-state index contributed by atoms with van der Waals surface area (Å²) in [6.07, 6.45) is 3.10. The van der Waals surface area contributed by atoms with E-state index in [2.05, 4.69) is 20.2 Å². The number of nitrogens with zero attached hydrogens (tertiary/aromatic N) is 3. The van der Waals surface area contributed by atoms with Crippen molar-refractivity contribution >= 4 is 29.0 Å². The minimum atomic E-state index is -0.0691. The zero-order valence-corrected chi connectivity index (χ0v) is 17.5. The maximum atomic E-state index is 12.8. The van der Waals surface area contributed by atoms with Gasteiger partial charge in [-0.2, -0.15) is 0 Å². The van der Waals surface area contributed by atoms with Crippen LogP contribution in [0.25, 0.3) is 11.3 Å². The van der Waals surface area contributed by atoms with Gasteiger partial charge in [-0.1, -0.05) is 41.9 Å². The van der Waals surface area contributed by atoms with Gasteiger partial charge in [-0.3, -0.25) is 4.79 Å². The van der Waals surface area contributed by atoms with Gasteiger partial charge in [-0.15, -0.1) is 0 Å². The molecule has 1 aromatic heterocycles. The van der Waals surface area contributed by atoms with E-state index >= 15 is 0 Å². The van der Waals surface area contributed by atoms with E-state index in [0.29, 0.717) is 16.5 Å². The Morgan fingerprint density at radius 3 is 2.60 bits per heavy atom. The number of amides is 1. The SMILES string of the molecule is COc1ccc(Cl)cc1NC(=O)C1CCN(c2cc(-c3ccccc3)ncn2)CC1. The summed E-state index contributed by atoms with van der Waals surface area (Å²) in [5, 5.41) is 3.52. The second kappa shape index (κ2) is 9.13. The molecule has 1 aliphatic rings. The first-order valence-corrected chi connectivity index (χ1v) is 10.3. The molecule has 4 rings (SSSR count). The number of aromatic nitrogens is 2. The number of anilines is 2. The lowest BCUT2D eigenvalue weighted by Crippen LogP contribution is -2.38. The van der Waals surface area contributed by atoms with Gasteiger partial charge in [-0.25, -0.2) is 9.97 Å². The maximum absolute atomic E-state index is 12.8. The summed E-state index contributed by atoms with van der Waals surface area (Å²) in [6.45, 7) is 1.52. The van der Waals surface area contributed by atoms with Gasteiger partial charge >= 0.3 is 0 Å². The zero-order chi connectivity index (χ0) is 20.9. The molecule has 7 heteroatoms. The van der Waals surface area contributed by atoms with E-state index in [-0.39, 0.29) is 11.8 Å². The van der Waals surface area contributed by atoms with Crippen molar-refractivity contribution in [1.29, 1.82) is 0 Å². The predicted molar refractivity (Wildman–Crippen MR) is 119 cm³/mol. The molecule has 1 aliphatic heterocycles. The van der Waals surface area contributed by atoms with Crippen molar-refractivity contribution in [2.75, 3.05) is 30.4 Å². The maximum Gasteiger partial charge on any atom is 0.227 e. The van der Waals surface area contributed by atoms with E-state index in [4.69, 9.17) is 16.3 Å². The van der Waals surface area contributed by atoms with E-state index in [1.807, 2.05) is 36.4 Å². The third-order valence-corrected chi connectivity index (χ3v) is 5.57. The molecule has 154 valence electrons. The molecule has 1 amide bonds. The lowest BCUT2D eigenvalue weighted by atomic mass is 9.95. The molecule has 0 radical (unpaired) electrons. The van der Waals surface area contributed by atoms with Crippen LogP contribution in [0.4, 0.5) is 11.5 Å². The Morgan fingerprint density at radius 2 is 1.87 bits per heavy atom. The number of benzene rings is 2. The van der Waals surface area contributed by atoms with Gasteiger partial charge < -0.3 is 15.0 Å². The molecule has 0 bridgehead atoms. The van der Waals surface area contributed by atoms with Gasteiger partial charge in [0.25, 0.3) is 0 Å². The van der Waals surface area contributed by atoms with Crippen LogP contribution in [0.1, 0.15) is 12.8 Å². The highest BCUT2D eigenvalue weighted by molar-refractivity contribution is 6.31. The van der Waals surface area contributed by atoms with Crippen molar-refractivity contribution in [3.63, 3.8) is 0 Å². The van der Waals surface area contributed by atoms with Crippen molar-refractivity contribution in [3.8, 4) is 17.0 Å². The summed E-state index contributed by atoms with van der Waals surface area (Å²) in [4.78, 5) is 23.8. The number of carbonyl (C=O) groups excluding carboxylic acids is 1. The average molecular weight is 423 g/mol. The predicted octanol–water partition coefficient (Wildman–Crippen LogP) is 4.66. The van der Waals surface area contributed by atoms with Gasteiger partial charge in [0.2, 0.25) is 5.91 Å². The monoisotopic (exact) mass is 422 g/mol. The minimum absolute atomic E-state index is 0.0112. The molecule has 0 unspecified atom stereocenters. The Morgan fingerprint density at radius 1 is 1.10 bits per heavy atom. The first-order chi connectivity index (χ1) is 14.6. The fraction of sp³-hybridized carbons (Fsp3) is 0.261. The van der Waals surface area contributed by atoms with Crippen molar-refractivity contribution in [1.82, 2.24) is 9.97 Å². The van der Waals surface area contributed by atoms with Crippen LogP contribution in [0.3, 0.4) is 0 Å². The lowest BCUT2D eigenvalue weighted by molar-refractivity contribution is -0.120. The highest BCUT2D eigenvalue weighted by Crippen LogP contribution is 2.30. The molecule has 0 spiro atoms. The summed E-state index contributed by atoms with van der Waals surface area (Å²) in [5.74, 6) is 1.40. The topological polar surface area (TPSA) is 67.3 Å². The number of nitrogens with one attached hydrogen (secondary N) is 1. The number of piperidine rings is 1. The molecule has 1 saturated heterocycles. The number of methoxy groups -OCH3 is 1. The number of carbonyl (C=O) groups is 1. The van der Waals surface area contributed by atoms with Crippen molar-refractivity contribution in [2.24, 2.45) is 5.92 Å². The standard InChI is InChI=1S/C23H23ClN4O2/c1-30-21-8-7-18(24)13-20(21)27-23(29)17-9-11-28(12-10-17)22-14-19(25-15-26-22)16-5-3-2-4-6-16/h2-8,13-15,17H,9-12H2,1H3,(H,27,29). The molecule has 0 aliphatic carbocycles. The summed E-state index contributed by atoms with van der Waals surface area (Å²) in [7, 11) is 1.57. The first-order valence-electron chi connectivity index (χ1n) is 9.91. The molecule has 1 N–H and O–H groups in total. The van der Waals surface area contributed by atoms with E-state index in [1.54, 1.807) is 31.6 Å². The Balaban J connectivity index is 1.40. The van der Waals surface area contributed by atoms with Crippen molar-refractivity contribution < 1.29 is 9.53 Å². The molecule has 0 atom stereocenters. The quantitative estimate of drug-likeness (QED) is 0.647.